The molecule has 2 aromatic rings. The van der Waals surface area contributed by atoms with E-state index in [0.717, 1.165) is 50.4 Å². The molecule has 1 aliphatic rings. The number of hydrogen-bond donors (Lipinski definition) is 1. The molecule has 0 radical (unpaired) electrons. The number of carbonyl (C=O) groups excluding carboxylic acids is 1. The van der Waals surface area contributed by atoms with Gasteiger partial charge in [-0.05, 0) is 43.2 Å². The topological polar surface area (TPSA) is 91.8 Å². The molecule has 1 aliphatic heterocycles. The van der Waals surface area contributed by atoms with Crippen molar-refractivity contribution < 1.29 is 17.9 Å². The van der Waals surface area contributed by atoms with Gasteiger partial charge in [-0.3, -0.25) is 9.88 Å². The molecule has 0 atom stereocenters. The van der Waals surface area contributed by atoms with E-state index in [2.05, 4.69) is 14.6 Å². The van der Waals surface area contributed by atoms with Crippen molar-refractivity contribution in [1.29, 1.82) is 0 Å². The SMILES string of the molecule is Cc1ccc(S(=O)(=O)NC(=O)N(CCCN2CCOCC2)Cc2ccncc2)cc1. The van der Waals surface area contributed by atoms with E-state index in [9.17, 15) is 13.2 Å². The lowest BCUT2D eigenvalue weighted by atomic mass is 10.2. The van der Waals surface area contributed by atoms with Crippen LogP contribution in [0.2, 0.25) is 0 Å². The molecule has 0 aliphatic carbocycles. The van der Waals surface area contributed by atoms with Crippen molar-refractivity contribution in [2.24, 2.45) is 0 Å². The Morgan fingerprint density at radius 2 is 1.80 bits per heavy atom. The third-order valence-electron chi connectivity index (χ3n) is 4.97. The molecule has 1 saturated heterocycles. The lowest BCUT2D eigenvalue weighted by Gasteiger charge is -2.28. The van der Waals surface area contributed by atoms with Gasteiger partial charge in [-0.25, -0.2) is 17.9 Å². The number of carbonyl (C=O) groups is 1. The van der Waals surface area contributed by atoms with Gasteiger partial charge in [-0.2, -0.15) is 0 Å². The fraction of sp³-hybridized carbons (Fsp3) is 0.429. The summed E-state index contributed by atoms with van der Waals surface area (Å²) in [6.07, 6.45) is 4.05. The molecular formula is C21H28N4O4S. The van der Waals surface area contributed by atoms with Gasteiger partial charge in [0.05, 0.1) is 18.1 Å². The van der Waals surface area contributed by atoms with Crippen molar-refractivity contribution in [2.75, 3.05) is 39.4 Å². The van der Waals surface area contributed by atoms with E-state index >= 15 is 0 Å². The highest BCUT2D eigenvalue weighted by atomic mass is 32.2. The summed E-state index contributed by atoms with van der Waals surface area (Å²) < 4.78 is 32.9. The summed E-state index contributed by atoms with van der Waals surface area (Å²) in [6.45, 7) is 6.63. The number of aromatic nitrogens is 1. The molecule has 2 amide bonds. The minimum absolute atomic E-state index is 0.0682. The quantitative estimate of drug-likeness (QED) is 0.686. The Morgan fingerprint density at radius 3 is 2.47 bits per heavy atom. The minimum Gasteiger partial charge on any atom is -0.379 e. The highest BCUT2D eigenvalue weighted by Gasteiger charge is 2.22. The molecule has 9 heteroatoms. The predicted octanol–water partition coefficient (Wildman–Crippen LogP) is 2.01. The maximum Gasteiger partial charge on any atom is 0.331 e. The van der Waals surface area contributed by atoms with Crippen molar-refractivity contribution in [3.63, 3.8) is 0 Å². The molecule has 1 aromatic carbocycles. The number of hydrogen-bond acceptors (Lipinski definition) is 6. The normalized spacial score (nSPS) is 15.0. The maximum atomic E-state index is 12.9. The molecule has 2 heterocycles. The summed E-state index contributed by atoms with van der Waals surface area (Å²) in [5.74, 6) is 0. The number of nitrogens with zero attached hydrogens (tertiary/aromatic N) is 3. The number of sulfonamides is 1. The number of morpholine rings is 1. The van der Waals surface area contributed by atoms with Crippen molar-refractivity contribution in [2.45, 2.75) is 24.8 Å². The number of nitrogens with one attached hydrogen (secondary N) is 1. The Morgan fingerprint density at radius 1 is 1.13 bits per heavy atom. The van der Waals surface area contributed by atoms with Crippen molar-refractivity contribution in [3.8, 4) is 0 Å². The first-order chi connectivity index (χ1) is 14.4. The van der Waals surface area contributed by atoms with Crippen LogP contribution in [0, 0.1) is 6.92 Å². The Kier molecular flexibility index (Phi) is 7.78. The molecule has 0 saturated carbocycles. The second kappa shape index (κ2) is 10.5. The minimum atomic E-state index is -3.94. The molecular weight excluding hydrogens is 404 g/mol. The van der Waals surface area contributed by atoms with E-state index in [1.807, 2.05) is 19.1 Å². The second-order valence-electron chi connectivity index (χ2n) is 7.31. The van der Waals surface area contributed by atoms with E-state index in [-0.39, 0.29) is 4.90 Å². The zero-order chi connectivity index (χ0) is 21.4. The number of aryl methyl sites for hydroxylation is 1. The van der Waals surface area contributed by atoms with Crippen LogP contribution < -0.4 is 4.72 Å². The first-order valence-corrected chi connectivity index (χ1v) is 11.5. The Labute approximate surface area is 177 Å². The molecule has 1 fully saturated rings. The van der Waals surface area contributed by atoms with Crippen LogP contribution in [0.15, 0.2) is 53.7 Å². The van der Waals surface area contributed by atoms with Crippen molar-refractivity contribution >= 4 is 16.1 Å². The van der Waals surface area contributed by atoms with Crippen LogP contribution in [0.25, 0.3) is 0 Å². The fourth-order valence-electron chi connectivity index (χ4n) is 3.23. The molecule has 8 nitrogen and oxygen atoms in total. The van der Waals surface area contributed by atoms with Gasteiger partial charge in [0.25, 0.3) is 10.0 Å². The zero-order valence-corrected chi connectivity index (χ0v) is 18.0. The van der Waals surface area contributed by atoms with Crippen LogP contribution in [0.3, 0.4) is 0 Å². The van der Waals surface area contributed by atoms with Crippen LogP contribution >= 0.6 is 0 Å². The van der Waals surface area contributed by atoms with E-state index in [0.29, 0.717) is 13.1 Å². The number of urea groups is 1. The van der Waals surface area contributed by atoms with Gasteiger partial charge in [0.15, 0.2) is 0 Å². The smallest absolute Gasteiger partial charge is 0.331 e. The highest BCUT2D eigenvalue weighted by Crippen LogP contribution is 2.12. The fourth-order valence-corrected chi connectivity index (χ4v) is 4.20. The largest absolute Gasteiger partial charge is 0.379 e. The predicted molar refractivity (Wildman–Crippen MR) is 113 cm³/mol. The number of benzene rings is 1. The van der Waals surface area contributed by atoms with E-state index in [1.54, 1.807) is 24.5 Å². The van der Waals surface area contributed by atoms with E-state index < -0.39 is 16.1 Å². The molecule has 3 rings (SSSR count). The van der Waals surface area contributed by atoms with Gasteiger partial charge < -0.3 is 9.64 Å². The van der Waals surface area contributed by atoms with Crippen LogP contribution in [0.5, 0.6) is 0 Å². The average molecular weight is 433 g/mol. The van der Waals surface area contributed by atoms with Crippen LogP contribution in [-0.2, 0) is 21.3 Å². The second-order valence-corrected chi connectivity index (χ2v) is 8.99. The lowest BCUT2D eigenvalue weighted by Crippen LogP contribution is -2.44. The Bertz CT molecular complexity index is 914. The summed E-state index contributed by atoms with van der Waals surface area (Å²) in [6, 6.07) is 9.40. The third-order valence-corrected chi connectivity index (χ3v) is 6.31. The van der Waals surface area contributed by atoms with Gasteiger partial charge in [-0.1, -0.05) is 17.7 Å². The molecule has 1 aromatic heterocycles. The number of pyridine rings is 1. The molecule has 1 N–H and O–H groups in total. The monoisotopic (exact) mass is 432 g/mol. The first kappa shape index (κ1) is 22.2. The number of ether oxygens (including phenoxy) is 1. The molecule has 0 bridgehead atoms. The van der Waals surface area contributed by atoms with Gasteiger partial charge in [0, 0.05) is 45.1 Å². The van der Waals surface area contributed by atoms with Gasteiger partial charge in [-0.15, -0.1) is 0 Å². The van der Waals surface area contributed by atoms with Crippen LogP contribution in [-0.4, -0.2) is 68.6 Å². The van der Waals surface area contributed by atoms with Gasteiger partial charge >= 0.3 is 6.03 Å². The summed E-state index contributed by atoms with van der Waals surface area (Å²) in [5.41, 5.74) is 1.84. The Hall–Kier alpha value is -2.49. The standard InChI is InChI=1S/C21H28N4O4S/c1-18-3-5-20(6-4-18)30(27,28)23-21(26)25(17-19-7-9-22-10-8-19)12-2-11-24-13-15-29-16-14-24/h3-10H,2,11-17H2,1H3,(H,23,26). The van der Waals surface area contributed by atoms with Crippen molar-refractivity contribution in [3.05, 3.63) is 59.9 Å². The van der Waals surface area contributed by atoms with E-state index in [4.69, 9.17) is 4.74 Å². The van der Waals surface area contributed by atoms with Crippen molar-refractivity contribution in [1.82, 2.24) is 19.5 Å². The summed E-state index contributed by atoms with van der Waals surface area (Å²) in [7, 11) is -3.94. The maximum absolute atomic E-state index is 12.9. The lowest BCUT2D eigenvalue weighted by molar-refractivity contribution is 0.0364. The third kappa shape index (κ3) is 6.51. The summed E-state index contributed by atoms with van der Waals surface area (Å²) in [4.78, 5) is 20.7. The average Bonchev–Trinajstić information content (AvgIpc) is 2.74. The molecule has 162 valence electrons. The Balaban J connectivity index is 1.66. The first-order valence-electron chi connectivity index (χ1n) is 10.0. The highest BCUT2D eigenvalue weighted by molar-refractivity contribution is 7.90. The number of amides is 2. The molecule has 0 unspecified atom stereocenters. The summed E-state index contributed by atoms with van der Waals surface area (Å²) in [5, 5.41) is 0. The zero-order valence-electron chi connectivity index (χ0n) is 17.2. The summed E-state index contributed by atoms with van der Waals surface area (Å²) >= 11 is 0. The van der Waals surface area contributed by atoms with Crippen LogP contribution in [0.1, 0.15) is 17.5 Å². The van der Waals surface area contributed by atoms with Crippen LogP contribution in [0.4, 0.5) is 4.79 Å². The molecule has 30 heavy (non-hydrogen) atoms. The number of rotatable bonds is 8. The van der Waals surface area contributed by atoms with Gasteiger partial charge in [0.2, 0.25) is 0 Å². The molecule has 0 spiro atoms. The van der Waals surface area contributed by atoms with E-state index in [1.165, 1.54) is 17.0 Å². The van der Waals surface area contributed by atoms with Gasteiger partial charge in [0.1, 0.15) is 0 Å².